The predicted octanol–water partition coefficient (Wildman–Crippen LogP) is 3.68. The highest BCUT2D eigenvalue weighted by molar-refractivity contribution is 5.39. The van der Waals surface area contributed by atoms with Crippen LogP contribution in [-0.2, 0) is 10.2 Å². The van der Waals surface area contributed by atoms with Gasteiger partial charge in [0.05, 0.1) is 18.9 Å². The minimum Gasteiger partial charge on any atom is -0.501 e. The molecular formula is C16H23NO. The molecule has 1 aliphatic rings. The van der Waals surface area contributed by atoms with Gasteiger partial charge in [-0.15, -0.1) is 0 Å². The number of ether oxygens (including phenoxy) is 1. The standard InChI is InChI=1S/C16H23NO/c1-16(2,3)14-9-5-4-8-13(14)15(17)12-7-6-10-18-11-12/h4-5,8-9,11,15H,6-7,10,17H2,1-3H3. The third-order valence-electron chi connectivity index (χ3n) is 3.47. The van der Waals surface area contributed by atoms with E-state index in [1.807, 2.05) is 6.26 Å². The molecule has 1 heterocycles. The molecule has 0 fully saturated rings. The minimum atomic E-state index is -0.0410. The summed E-state index contributed by atoms with van der Waals surface area (Å²) in [4.78, 5) is 0. The average molecular weight is 245 g/mol. The Morgan fingerprint density at radius 3 is 2.56 bits per heavy atom. The van der Waals surface area contributed by atoms with Gasteiger partial charge in [0.15, 0.2) is 0 Å². The van der Waals surface area contributed by atoms with Crippen molar-refractivity contribution in [3.8, 4) is 0 Å². The fourth-order valence-electron chi connectivity index (χ4n) is 2.46. The van der Waals surface area contributed by atoms with Crippen LogP contribution in [0.2, 0.25) is 0 Å². The first-order valence-electron chi connectivity index (χ1n) is 6.65. The van der Waals surface area contributed by atoms with Crippen molar-refractivity contribution in [2.45, 2.75) is 45.1 Å². The molecule has 18 heavy (non-hydrogen) atoms. The second kappa shape index (κ2) is 5.15. The molecule has 2 nitrogen and oxygen atoms in total. The first kappa shape index (κ1) is 13.2. The maximum Gasteiger partial charge on any atom is 0.0876 e. The predicted molar refractivity (Wildman–Crippen MR) is 75.3 cm³/mol. The fourth-order valence-corrected chi connectivity index (χ4v) is 2.46. The molecule has 1 unspecified atom stereocenters. The Morgan fingerprint density at radius 2 is 1.94 bits per heavy atom. The van der Waals surface area contributed by atoms with E-state index in [4.69, 9.17) is 10.5 Å². The molecule has 1 aromatic carbocycles. The van der Waals surface area contributed by atoms with Crippen molar-refractivity contribution in [2.24, 2.45) is 5.73 Å². The molecule has 2 N–H and O–H groups in total. The Bertz CT molecular complexity index is 443. The highest BCUT2D eigenvalue weighted by Gasteiger charge is 2.23. The lowest BCUT2D eigenvalue weighted by molar-refractivity contribution is 0.221. The molecule has 0 aliphatic carbocycles. The molecule has 1 atom stereocenters. The van der Waals surface area contributed by atoms with Crippen molar-refractivity contribution in [1.29, 1.82) is 0 Å². The van der Waals surface area contributed by atoms with Crippen LogP contribution < -0.4 is 5.73 Å². The molecule has 0 radical (unpaired) electrons. The molecule has 0 bridgehead atoms. The monoisotopic (exact) mass is 245 g/mol. The summed E-state index contributed by atoms with van der Waals surface area (Å²) in [7, 11) is 0. The number of benzene rings is 1. The van der Waals surface area contributed by atoms with Crippen molar-refractivity contribution in [2.75, 3.05) is 6.61 Å². The van der Waals surface area contributed by atoms with Gasteiger partial charge in [-0.25, -0.2) is 0 Å². The van der Waals surface area contributed by atoms with Crippen LogP contribution in [0.25, 0.3) is 0 Å². The Morgan fingerprint density at radius 1 is 1.22 bits per heavy atom. The average Bonchev–Trinajstić information content (AvgIpc) is 2.38. The van der Waals surface area contributed by atoms with Gasteiger partial charge in [0.1, 0.15) is 0 Å². The maximum atomic E-state index is 6.42. The fraction of sp³-hybridized carbons (Fsp3) is 0.500. The zero-order valence-corrected chi connectivity index (χ0v) is 11.6. The Labute approximate surface area is 110 Å². The van der Waals surface area contributed by atoms with Crippen LogP contribution in [0, 0.1) is 0 Å². The van der Waals surface area contributed by atoms with Crippen LogP contribution >= 0.6 is 0 Å². The molecule has 98 valence electrons. The van der Waals surface area contributed by atoms with Crippen LogP contribution in [0.3, 0.4) is 0 Å². The summed E-state index contributed by atoms with van der Waals surface area (Å²) in [5.41, 5.74) is 10.3. The molecule has 0 spiro atoms. The Hall–Kier alpha value is -1.28. The van der Waals surface area contributed by atoms with E-state index in [-0.39, 0.29) is 11.5 Å². The third kappa shape index (κ3) is 2.75. The number of hydrogen-bond acceptors (Lipinski definition) is 2. The smallest absolute Gasteiger partial charge is 0.0876 e. The van der Waals surface area contributed by atoms with Gasteiger partial charge in [0, 0.05) is 0 Å². The second-order valence-electron chi connectivity index (χ2n) is 5.98. The number of rotatable bonds is 2. The van der Waals surface area contributed by atoms with E-state index in [9.17, 15) is 0 Å². The lowest BCUT2D eigenvalue weighted by Gasteiger charge is -2.27. The zero-order chi connectivity index (χ0) is 13.2. The van der Waals surface area contributed by atoms with Crippen LogP contribution in [0.15, 0.2) is 36.1 Å². The Kier molecular flexibility index (Phi) is 3.76. The molecule has 0 saturated carbocycles. The highest BCUT2D eigenvalue weighted by atomic mass is 16.5. The van der Waals surface area contributed by atoms with Crippen molar-refractivity contribution in [3.63, 3.8) is 0 Å². The van der Waals surface area contributed by atoms with Gasteiger partial charge in [0.25, 0.3) is 0 Å². The summed E-state index contributed by atoms with van der Waals surface area (Å²) in [6.45, 7) is 7.50. The highest BCUT2D eigenvalue weighted by Crippen LogP contribution is 2.33. The summed E-state index contributed by atoms with van der Waals surface area (Å²) in [5, 5.41) is 0. The van der Waals surface area contributed by atoms with Crippen molar-refractivity contribution in [3.05, 3.63) is 47.2 Å². The first-order valence-corrected chi connectivity index (χ1v) is 6.65. The topological polar surface area (TPSA) is 35.2 Å². The maximum absolute atomic E-state index is 6.42. The van der Waals surface area contributed by atoms with Gasteiger partial charge >= 0.3 is 0 Å². The van der Waals surface area contributed by atoms with E-state index in [2.05, 4.69) is 45.0 Å². The lowest BCUT2D eigenvalue weighted by atomic mass is 9.80. The molecule has 2 rings (SSSR count). The summed E-state index contributed by atoms with van der Waals surface area (Å²) < 4.78 is 5.41. The Balaban J connectivity index is 2.35. The van der Waals surface area contributed by atoms with Gasteiger partial charge in [0.2, 0.25) is 0 Å². The number of hydrogen-bond donors (Lipinski definition) is 1. The van der Waals surface area contributed by atoms with Crippen LogP contribution in [-0.4, -0.2) is 6.61 Å². The summed E-state index contributed by atoms with van der Waals surface area (Å²) in [5.74, 6) is 0. The number of nitrogens with two attached hydrogens (primary N) is 1. The van der Waals surface area contributed by atoms with Crippen molar-refractivity contribution in [1.82, 2.24) is 0 Å². The second-order valence-corrected chi connectivity index (χ2v) is 5.98. The van der Waals surface area contributed by atoms with Crippen LogP contribution in [0.5, 0.6) is 0 Å². The van der Waals surface area contributed by atoms with Crippen LogP contribution in [0.4, 0.5) is 0 Å². The SMILES string of the molecule is CC(C)(C)c1ccccc1C(N)C1=COCCC1. The van der Waals surface area contributed by atoms with Gasteiger partial charge in [-0.05, 0) is 35.0 Å². The van der Waals surface area contributed by atoms with Gasteiger partial charge in [-0.3, -0.25) is 0 Å². The molecular weight excluding hydrogens is 222 g/mol. The lowest BCUT2D eigenvalue weighted by Crippen LogP contribution is -2.22. The van der Waals surface area contributed by atoms with E-state index in [1.165, 1.54) is 16.7 Å². The normalized spacial score (nSPS) is 17.9. The summed E-state index contributed by atoms with van der Waals surface area (Å²) >= 11 is 0. The molecule has 0 amide bonds. The molecule has 1 aromatic rings. The van der Waals surface area contributed by atoms with Crippen LogP contribution in [0.1, 0.15) is 50.8 Å². The quantitative estimate of drug-likeness (QED) is 0.862. The van der Waals surface area contributed by atoms with Crippen molar-refractivity contribution >= 4 is 0 Å². The van der Waals surface area contributed by atoms with Gasteiger partial charge < -0.3 is 10.5 Å². The van der Waals surface area contributed by atoms with Crippen molar-refractivity contribution < 1.29 is 4.74 Å². The van der Waals surface area contributed by atoms with E-state index in [1.54, 1.807) is 0 Å². The van der Waals surface area contributed by atoms with Gasteiger partial charge in [-0.2, -0.15) is 0 Å². The summed E-state index contributed by atoms with van der Waals surface area (Å²) in [6.07, 6.45) is 3.96. The van der Waals surface area contributed by atoms with Gasteiger partial charge in [-0.1, -0.05) is 45.0 Å². The van der Waals surface area contributed by atoms with E-state index < -0.39 is 0 Å². The summed E-state index contributed by atoms with van der Waals surface area (Å²) in [6, 6.07) is 8.43. The zero-order valence-electron chi connectivity index (χ0n) is 11.6. The molecule has 1 aliphatic heterocycles. The minimum absolute atomic E-state index is 0.0410. The van der Waals surface area contributed by atoms with E-state index in [0.717, 1.165) is 19.4 Å². The molecule has 0 aromatic heterocycles. The molecule has 0 saturated heterocycles. The van der Waals surface area contributed by atoms with E-state index in [0.29, 0.717) is 0 Å². The first-order chi connectivity index (χ1) is 8.50. The largest absolute Gasteiger partial charge is 0.501 e. The third-order valence-corrected chi connectivity index (χ3v) is 3.47. The molecule has 2 heteroatoms. The van der Waals surface area contributed by atoms with E-state index >= 15 is 0 Å².